The van der Waals surface area contributed by atoms with Gasteiger partial charge in [-0.15, -0.1) is 0 Å². The van der Waals surface area contributed by atoms with E-state index in [1.54, 1.807) is 7.11 Å². The zero-order chi connectivity index (χ0) is 13.2. The van der Waals surface area contributed by atoms with Crippen LogP contribution in [0.4, 0.5) is 0 Å². The van der Waals surface area contributed by atoms with Crippen molar-refractivity contribution >= 4 is 16.6 Å². The lowest BCUT2D eigenvalue weighted by Crippen LogP contribution is -2.24. The maximum atomic E-state index is 5.38. The number of nitrogens with zero attached hydrogens (tertiary/aromatic N) is 2. The van der Waals surface area contributed by atoms with Gasteiger partial charge in [-0.3, -0.25) is 4.99 Å². The normalized spacial score (nSPS) is 19.4. The Kier molecular flexibility index (Phi) is 1.99. The van der Waals surface area contributed by atoms with E-state index < -0.39 is 0 Å². The molecule has 98 valence electrons. The van der Waals surface area contributed by atoms with E-state index in [9.17, 15) is 0 Å². The molecule has 2 aromatic rings. The van der Waals surface area contributed by atoms with Crippen molar-refractivity contribution in [1.29, 1.82) is 0 Å². The molecule has 0 unspecified atom stereocenters. The molecule has 0 aliphatic carbocycles. The summed E-state index contributed by atoms with van der Waals surface area (Å²) in [5.74, 6) is 0.932. The van der Waals surface area contributed by atoms with Crippen LogP contribution in [-0.4, -0.2) is 23.9 Å². The van der Waals surface area contributed by atoms with Crippen LogP contribution in [0.5, 0.6) is 5.75 Å². The number of hydrogen-bond donors (Lipinski definition) is 0. The van der Waals surface area contributed by atoms with Crippen molar-refractivity contribution in [3.8, 4) is 5.75 Å². The third-order valence-electron chi connectivity index (χ3n) is 4.43. The zero-order valence-electron chi connectivity index (χ0n) is 11.7. The molecule has 0 saturated heterocycles. The first kappa shape index (κ1) is 11.1. The average Bonchev–Trinajstić information content (AvgIpc) is 2.87. The Bertz CT molecular complexity index is 722. The molecule has 2 aliphatic heterocycles. The molecule has 3 heterocycles. The summed E-state index contributed by atoms with van der Waals surface area (Å²) in [6, 6.07) is 6.42. The number of aliphatic imine (C=N–C) groups is 1. The van der Waals surface area contributed by atoms with E-state index >= 15 is 0 Å². The summed E-state index contributed by atoms with van der Waals surface area (Å²) >= 11 is 0. The summed E-state index contributed by atoms with van der Waals surface area (Å²) in [6.07, 6.45) is 1.06. The Labute approximate surface area is 112 Å². The standard InChI is InChI=1S/C16H18N2O/c1-16(2)9-18-13-8-10(19-3)4-5-11(13)12-6-7-17-15(16)14(12)18/h4-5,8H,6-7,9H2,1-3H3. The van der Waals surface area contributed by atoms with E-state index in [0.717, 1.165) is 25.3 Å². The van der Waals surface area contributed by atoms with Crippen molar-refractivity contribution < 1.29 is 4.74 Å². The smallest absolute Gasteiger partial charge is 0.120 e. The molecule has 4 rings (SSSR count). The largest absolute Gasteiger partial charge is 0.497 e. The van der Waals surface area contributed by atoms with Crippen LogP contribution in [-0.2, 0) is 13.0 Å². The molecule has 3 heteroatoms. The Morgan fingerprint density at radius 1 is 1.32 bits per heavy atom. The first-order valence-electron chi connectivity index (χ1n) is 6.86. The van der Waals surface area contributed by atoms with Crippen LogP contribution in [0.25, 0.3) is 10.9 Å². The highest BCUT2D eigenvalue weighted by Crippen LogP contribution is 2.42. The topological polar surface area (TPSA) is 26.5 Å². The van der Waals surface area contributed by atoms with Crippen LogP contribution in [0.2, 0.25) is 0 Å². The first-order chi connectivity index (χ1) is 9.12. The zero-order valence-corrected chi connectivity index (χ0v) is 11.7. The number of methoxy groups -OCH3 is 1. The Balaban J connectivity index is 2.09. The summed E-state index contributed by atoms with van der Waals surface area (Å²) in [4.78, 5) is 4.80. The van der Waals surface area contributed by atoms with Crippen molar-refractivity contribution in [1.82, 2.24) is 4.57 Å². The van der Waals surface area contributed by atoms with Crippen LogP contribution in [0, 0.1) is 5.41 Å². The van der Waals surface area contributed by atoms with Gasteiger partial charge in [0, 0.05) is 30.0 Å². The predicted octanol–water partition coefficient (Wildman–Crippen LogP) is 3.03. The minimum atomic E-state index is 0.155. The monoisotopic (exact) mass is 254 g/mol. The lowest BCUT2D eigenvalue weighted by molar-refractivity contribution is 0.415. The fourth-order valence-electron chi connectivity index (χ4n) is 3.58. The quantitative estimate of drug-likeness (QED) is 0.768. The molecule has 0 radical (unpaired) electrons. The summed E-state index contributed by atoms with van der Waals surface area (Å²) in [5.41, 5.74) is 5.60. The van der Waals surface area contributed by atoms with Gasteiger partial charge in [-0.1, -0.05) is 13.8 Å². The summed E-state index contributed by atoms with van der Waals surface area (Å²) in [7, 11) is 1.73. The molecule has 0 fully saturated rings. The molecule has 0 saturated carbocycles. The SMILES string of the molecule is COc1ccc2c3c4n(c2c1)CC(C)(C)C4=NCC3. The summed E-state index contributed by atoms with van der Waals surface area (Å²) in [5, 5.41) is 1.37. The van der Waals surface area contributed by atoms with Crippen molar-refractivity contribution in [3.63, 3.8) is 0 Å². The highest BCUT2D eigenvalue weighted by Gasteiger charge is 2.40. The number of benzene rings is 1. The van der Waals surface area contributed by atoms with E-state index in [0.29, 0.717) is 0 Å². The average molecular weight is 254 g/mol. The van der Waals surface area contributed by atoms with Crippen molar-refractivity contribution in [2.24, 2.45) is 10.4 Å². The molecule has 0 N–H and O–H groups in total. The molecule has 19 heavy (non-hydrogen) atoms. The molecular weight excluding hydrogens is 236 g/mol. The van der Waals surface area contributed by atoms with Crippen LogP contribution >= 0.6 is 0 Å². The first-order valence-corrected chi connectivity index (χ1v) is 6.86. The van der Waals surface area contributed by atoms with Gasteiger partial charge in [0.15, 0.2) is 0 Å². The third kappa shape index (κ3) is 1.30. The van der Waals surface area contributed by atoms with E-state index in [1.165, 1.54) is 27.9 Å². The van der Waals surface area contributed by atoms with Gasteiger partial charge >= 0.3 is 0 Å². The molecule has 3 nitrogen and oxygen atoms in total. The van der Waals surface area contributed by atoms with Gasteiger partial charge in [0.25, 0.3) is 0 Å². The van der Waals surface area contributed by atoms with Gasteiger partial charge in [0.1, 0.15) is 5.75 Å². The molecule has 0 amide bonds. The van der Waals surface area contributed by atoms with Gasteiger partial charge in [-0.05, 0) is 24.1 Å². The Hall–Kier alpha value is -1.77. The Morgan fingerprint density at radius 3 is 2.95 bits per heavy atom. The van der Waals surface area contributed by atoms with E-state index in [2.05, 4.69) is 36.6 Å². The minimum absolute atomic E-state index is 0.155. The Morgan fingerprint density at radius 2 is 2.16 bits per heavy atom. The van der Waals surface area contributed by atoms with E-state index in [-0.39, 0.29) is 5.41 Å². The van der Waals surface area contributed by atoms with Crippen molar-refractivity contribution in [2.75, 3.05) is 13.7 Å². The van der Waals surface area contributed by atoms with Gasteiger partial charge in [-0.2, -0.15) is 0 Å². The summed E-state index contributed by atoms with van der Waals surface area (Å²) in [6.45, 7) is 6.53. The molecule has 1 aromatic carbocycles. The number of aromatic nitrogens is 1. The third-order valence-corrected chi connectivity index (χ3v) is 4.43. The second-order valence-corrected chi connectivity index (χ2v) is 6.16. The second kappa shape index (κ2) is 3.41. The molecule has 0 atom stereocenters. The van der Waals surface area contributed by atoms with Crippen LogP contribution in [0.3, 0.4) is 0 Å². The fraction of sp³-hybridized carbons (Fsp3) is 0.438. The maximum absolute atomic E-state index is 5.38. The number of rotatable bonds is 1. The number of ether oxygens (including phenoxy) is 1. The molecule has 0 bridgehead atoms. The van der Waals surface area contributed by atoms with E-state index in [1.807, 2.05) is 0 Å². The van der Waals surface area contributed by atoms with Gasteiger partial charge in [-0.25, -0.2) is 0 Å². The lowest BCUT2D eigenvalue weighted by Gasteiger charge is -2.21. The van der Waals surface area contributed by atoms with Gasteiger partial charge in [0.05, 0.1) is 24.0 Å². The molecule has 2 aliphatic rings. The fourth-order valence-corrected chi connectivity index (χ4v) is 3.58. The number of fused-ring (bicyclic) bond motifs is 3. The highest BCUT2D eigenvalue weighted by atomic mass is 16.5. The van der Waals surface area contributed by atoms with Crippen LogP contribution in [0.15, 0.2) is 23.2 Å². The lowest BCUT2D eigenvalue weighted by atomic mass is 9.85. The van der Waals surface area contributed by atoms with Crippen molar-refractivity contribution in [2.45, 2.75) is 26.8 Å². The van der Waals surface area contributed by atoms with Crippen molar-refractivity contribution in [3.05, 3.63) is 29.5 Å². The predicted molar refractivity (Wildman–Crippen MR) is 77.4 cm³/mol. The second-order valence-electron chi connectivity index (χ2n) is 6.16. The molecule has 1 aromatic heterocycles. The minimum Gasteiger partial charge on any atom is -0.497 e. The summed E-state index contributed by atoms with van der Waals surface area (Å²) < 4.78 is 7.81. The van der Waals surface area contributed by atoms with Gasteiger partial charge in [0.2, 0.25) is 0 Å². The molecular formula is C16H18N2O. The molecule has 0 spiro atoms. The number of hydrogen-bond acceptors (Lipinski definition) is 2. The van der Waals surface area contributed by atoms with Gasteiger partial charge < -0.3 is 9.30 Å². The van der Waals surface area contributed by atoms with Crippen LogP contribution < -0.4 is 4.74 Å². The van der Waals surface area contributed by atoms with E-state index in [4.69, 9.17) is 9.73 Å². The highest BCUT2D eigenvalue weighted by molar-refractivity contribution is 6.11. The van der Waals surface area contributed by atoms with Crippen LogP contribution in [0.1, 0.15) is 25.1 Å². The maximum Gasteiger partial charge on any atom is 0.120 e.